The summed E-state index contributed by atoms with van der Waals surface area (Å²) >= 11 is 0. The summed E-state index contributed by atoms with van der Waals surface area (Å²) < 4.78 is 17.0. The van der Waals surface area contributed by atoms with Crippen LogP contribution in [0.1, 0.15) is 13.8 Å². The lowest BCUT2D eigenvalue weighted by molar-refractivity contribution is 0.0322. The summed E-state index contributed by atoms with van der Waals surface area (Å²) in [5, 5.41) is 0.451. The number of nitrogens with one attached hydrogen (secondary N) is 1. The number of hydrogen-bond acceptors (Lipinski definition) is 6. The van der Waals surface area contributed by atoms with Gasteiger partial charge in [-0.05, 0) is 13.8 Å². The van der Waals surface area contributed by atoms with E-state index in [0.717, 1.165) is 32.8 Å². The molecule has 1 aliphatic heterocycles. The molecule has 0 unspecified atom stereocenters. The summed E-state index contributed by atoms with van der Waals surface area (Å²) in [5.74, 6) is 1.16. The summed E-state index contributed by atoms with van der Waals surface area (Å²) in [4.78, 5) is 21.2. The molecule has 0 bridgehead atoms. The van der Waals surface area contributed by atoms with E-state index in [0.29, 0.717) is 29.0 Å². The number of rotatable bonds is 6. The average Bonchev–Trinajstić information content (AvgIpc) is 2.55. The van der Waals surface area contributed by atoms with Crippen molar-refractivity contribution >= 4 is 10.9 Å². The van der Waals surface area contributed by atoms with Crippen LogP contribution in [0, 0.1) is 0 Å². The van der Waals surface area contributed by atoms with Gasteiger partial charge in [0.25, 0.3) is 5.56 Å². The van der Waals surface area contributed by atoms with Gasteiger partial charge in [-0.3, -0.25) is 9.69 Å². The number of hydrogen-bond donors (Lipinski definition) is 1. The van der Waals surface area contributed by atoms with Crippen LogP contribution < -0.4 is 15.0 Å². The van der Waals surface area contributed by atoms with Gasteiger partial charge in [-0.1, -0.05) is 0 Å². The van der Waals surface area contributed by atoms with E-state index in [1.165, 1.54) is 6.33 Å². The lowest BCUT2D eigenvalue weighted by Gasteiger charge is -2.26. The second-order valence-electron chi connectivity index (χ2n) is 6.02. The van der Waals surface area contributed by atoms with Crippen molar-refractivity contribution in [2.24, 2.45) is 0 Å². The van der Waals surface area contributed by atoms with Gasteiger partial charge in [-0.25, -0.2) is 4.98 Å². The van der Waals surface area contributed by atoms with Crippen LogP contribution >= 0.6 is 0 Å². The number of fused-ring (bicyclic) bond motifs is 1. The van der Waals surface area contributed by atoms with Gasteiger partial charge >= 0.3 is 0 Å². The molecule has 1 aromatic heterocycles. The summed E-state index contributed by atoms with van der Waals surface area (Å²) in [6.07, 6.45) is 1.35. The Morgan fingerprint density at radius 3 is 2.88 bits per heavy atom. The van der Waals surface area contributed by atoms with E-state index < -0.39 is 0 Å². The molecular weight excluding hydrogens is 310 g/mol. The zero-order valence-electron chi connectivity index (χ0n) is 14.1. The molecule has 0 spiro atoms. The molecule has 0 saturated carbocycles. The number of aromatic amines is 1. The van der Waals surface area contributed by atoms with Gasteiger partial charge < -0.3 is 19.2 Å². The minimum Gasteiger partial charge on any atom is -0.492 e. The van der Waals surface area contributed by atoms with Crippen LogP contribution in [0.5, 0.6) is 11.5 Å². The third-order valence-electron chi connectivity index (χ3n) is 3.82. The number of benzene rings is 1. The standard InChI is InChI=1S/C17H23N3O4/c1-12(2)24-15-10-13(9-14-16(15)17(21)19-11-18-14)23-8-5-20-3-6-22-7-4-20/h9-12H,3-8H2,1-2H3,(H,18,19,21). The lowest BCUT2D eigenvalue weighted by Crippen LogP contribution is -2.38. The molecule has 1 N–H and O–H groups in total. The van der Waals surface area contributed by atoms with Crippen molar-refractivity contribution in [2.45, 2.75) is 20.0 Å². The quantitative estimate of drug-likeness (QED) is 0.862. The highest BCUT2D eigenvalue weighted by Crippen LogP contribution is 2.28. The number of ether oxygens (including phenoxy) is 3. The highest BCUT2D eigenvalue weighted by Gasteiger charge is 2.13. The second kappa shape index (κ2) is 7.63. The van der Waals surface area contributed by atoms with Crippen LogP contribution in [0.4, 0.5) is 0 Å². The van der Waals surface area contributed by atoms with Crippen LogP contribution in [0.25, 0.3) is 10.9 Å². The predicted molar refractivity (Wildman–Crippen MR) is 90.9 cm³/mol. The van der Waals surface area contributed by atoms with Gasteiger partial charge in [-0.15, -0.1) is 0 Å². The monoisotopic (exact) mass is 333 g/mol. The Morgan fingerprint density at radius 1 is 1.33 bits per heavy atom. The molecular formula is C17H23N3O4. The SMILES string of the molecule is CC(C)Oc1cc(OCCN2CCOCC2)cc2nc[nH]c(=O)c12. The zero-order valence-corrected chi connectivity index (χ0v) is 14.1. The molecule has 7 nitrogen and oxygen atoms in total. The fourth-order valence-corrected chi connectivity index (χ4v) is 2.69. The molecule has 1 aromatic carbocycles. The molecule has 7 heteroatoms. The van der Waals surface area contributed by atoms with E-state index in [4.69, 9.17) is 14.2 Å². The zero-order chi connectivity index (χ0) is 16.9. The molecule has 130 valence electrons. The highest BCUT2D eigenvalue weighted by atomic mass is 16.5. The first-order valence-corrected chi connectivity index (χ1v) is 8.24. The summed E-state index contributed by atoms with van der Waals surface area (Å²) in [6.45, 7) is 8.65. The molecule has 1 fully saturated rings. The van der Waals surface area contributed by atoms with Gasteiger partial charge in [0.05, 0.1) is 31.2 Å². The Balaban J connectivity index is 1.76. The normalized spacial score (nSPS) is 15.8. The molecule has 1 aliphatic rings. The van der Waals surface area contributed by atoms with E-state index in [1.54, 1.807) is 12.1 Å². The Kier molecular flexibility index (Phi) is 5.32. The minimum absolute atomic E-state index is 0.0450. The topological polar surface area (TPSA) is 76.7 Å². The minimum atomic E-state index is -0.212. The van der Waals surface area contributed by atoms with Crippen molar-refractivity contribution in [3.63, 3.8) is 0 Å². The fraction of sp³-hybridized carbons (Fsp3) is 0.529. The van der Waals surface area contributed by atoms with Gasteiger partial charge in [0.2, 0.25) is 0 Å². The van der Waals surface area contributed by atoms with Crippen LogP contribution in [0.2, 0.25) is 0 Å². The lowest BCUT2D eigenvalue weighted by atomic mass is 10.2. The second-order valence-corrected chi connectivity index (χ2v) is 6.02. The maximum absolute atomic E-state index is 12.1. The third kappa shape index (κ3) is 4.04. The van der Waals surface area contributed by atoms with Crippen molar-refractivity contribution in [1.29, 1.82) is 0 Å². The van der Waals surface area contributed by atoms with Crippen LogP contribution in [-0.2, 0) is 4.74 Å². The Labute approximate surface area is 140 Å². The van der Waals surface area contributed by atoms with Gasteiger partial charge in [0.15, 0.2) is 0 Å². The molecule has 24 heavy (non-hydrogen) atoms. The number of H-pyrrole nitrogens is 1. The Hall–Kier alpha value is -2.12. The first-order valence-electron chi connectivity index (χ1n) is 8.24. The number of aromatic nitrogens is 2. The van der Waals surface area contributed by atoms with Gasteiger partial charge in [0.1, 0.15) is 23.5 Å². The molecule has 2 aromatic rings. The van der Waals surface area contributed by atoms with Crippen molar-refractivity contribution in [3.05, 3.63) is 28.8 Å². The molecule has 2 heterocycles. The van der Waals surface area contributed by atoms with Crippen molar-refractivity contribution in [2.75, 3.05) is 39.5 Å². The summed E-state index contributed by atoms with van der Waals surface area (Å²) in [6, 6.07) is 3.54. The van der Waals surface area contributed by atoms with Crippen molar-refractivity contribution in [3.8, 4) is 11.5 Å². The average molecular weight is 333 g/mol. The maximum Gasteiger partial charge on any atom is 0.262 e. The highest BCUT2D eigenvalue weighted by molar-refractivity contribution is 5.85. The molecule has 1 saturated heterocycles. The van der Waals surface area contributed by atoms with Gasteiger partial charge in [0, 0.05) is 31.8 Å². The van der Waals surface area contributed by atoms with E-state index in [9.17, 15) is 4.79 Å². The largest absolute Gasteiger partial charge is 0.492 e. The number of nitrogens with zero attached hydrogens (tertiary/aromatic N) is 2. The van der Waals surface area contributed by atoms with E-state index in [-0.39, 0.29) is 11.7 Å². The summed E-state index contributed by atoms with van der Waals surface area (Å²) in [7, 11) is 0. The molecule has 0 amide bonds. The molecule has 0 aliphatic carbocycles. The van der Waals surface area contributed by atoms with Crippen LogP contribution in [0.15, 0.2) is 23.3 Å². The Bertz CT molecular complexity index is 738. The molecule has 0 atom stereocenters. The summed E-state index contributed by atoms with van der Waals surface area (Å²) in [5.41, 5.74) is 0.355. The van der Waals surface area contributed by atoms with Crippen molar-refractivity contribution in [1.82, 2.24) is 14.9 Å². The molecule has 3 rings (SSSR count). The van der Waals surface area contributed by atoms with Crippen molar-refractivity contribution < 1.29 is 14.2 Å². The number of morpholine rings is 1. The van der Waals surface area contributed by atoms with E-state index in [2.05, 4.69) is 14.9 Å². The van der Waals surface area contributed by atoms with Crippen LogP contribution in [0.3, 0.4) is 0 Å². The van der Waals surface area contributed by atoms with E-state index >= 15 is 0 Å². The third-order valence-corrected chi connectivity index (χ3v) is 3.82. The van der Waals surface area contributed by atoms with Crippen LogP contribution in [-0.4, -0.2) is 60.4 Å². The Morgan fingerprint density at radius 2 is 2.12 bits per heavy atom. The predicted octanol–water partition coefficient (Wildman–Crippen LogP) is 1.42. The smallest absolute Gasteiger partial charge is 0.262 e. The first-order chi connectivity index (χ1) is 11.6. The molecule has 0 radical (unpaired) electrons. The maximum atomic E-state index is 12.1. The fourth-order valence-electron chi connectivity index (χ4n) is 2.69. The first kappa shape index (κ1) is 16.7. The van der Waals surface area contributed by atoms with Gasteiger partial charge in [-0.2, -0.15) is 0 Å². The van der Waals surface area contributed by atoms with E-state index in [1.807, 2.05) is 13.8 Å².